The van der Waals surface area contributed by atoms with Crippen molar-refractivity contribution >= 4 is 5.91 Å². The molecule has 0 radical (unpaired) electrons. The first-order chi connectivity index (χ1) is 19.7. The smallest absolute Gasteiger partial charge is 0.378 e. The number of halogens is 3. The van der Waals surface area contributed by atoms with Crippen molar-refractivity contribution < 1.29 is 23.1 Å². The molecule has 41 heavy (non-hydrogen) atoms. The van der Waals surface area contributed by atoms with E-state index >= 15 is 0 Å². The number of carbonyl (C=O) groups excluding carboxylic acids is 1. The number of hydrogen-bond donors (Lipinski definition) is 2. The molecule has 9 heteroatoms. The lowest BCUT2D eigenvalue weighted by Gasteiger charge is -2.24. The fourth-order valence-corrected chi connectivity index (χ4v) is 5.68. The molecular formula is C32H28F3N3O3. The minimum Gasteiger partial charge on any atom is -0.378 e. The van der Waals surface area contributed by atoms with Gasteiger partial charge in [-0.15, -0.1) is 0 Å². The number of H-pyrrole nitrogens is 1. The number of rotatable bonds is 5. The number of hydrogen-bond acceptors (Lipinski definition) is 4. The molecule has 0 bridgehead atoms. The normalized spacial score (nSPS) is 16.9. The monoisotopic (exact) mass is 559 g/mol. The van der Waals surface area contributed by atoms with E-state index in [1.807, 2.05) is 30.3 Å². The van der Waals surface area contributed by atoms with Crippen LogP contribution in [-0.4, -0.2) is 32.4 Å². The Morgan fingerprint density at radius 1 is 0.976 bits per heavy atom. The van der Waals surface area contributed by atoms with Gasteiger partial charge >= 0.3 is 6.18 Å². The van der Waals surface area contributed by atoms with E-state index in [1.54, 1.807) is 24.3 Å². The predicted octanol–water partition coefficient (Wildman–Crippen LogP) is 5.54. The van der Waals surface area contributed by atoms with Gasteiger partial charge in [-0.25, -0.2) is 4.98 Å². The first-order valence-electron chi connectivity index (χ1n) is 13.6. The number of nitrogens with one attached hydrogen (secondary N) is 1. The molecular weight excluding hydrogens is 531 g/mol. The van der Waals surface area contributed by atoms with E-state index in [0.717, 1.165) is 30.5 Å². The standard InChI is InChI=1S/C32H28F3N3O3/c33-32(34,35)24-12-5-8-21(18-24)20-7-4-9-22(17-20)27(39)29(41)38-16-6-13-25-26(19-38)36-30(37-28(25)40)31(14-15-31)23-10-2-1-3-11-23/h1-5,7-12,17-18,27,39H,6,13-16,19H2,(H,36,37,40)/t27-/m1/s1. The summed E-state index contributed by atoms with van der Waals surface area (Å²) in [5.74, 6) is 0.0444. The third-order valence-electron chi connectivity index (χ3n) is 8.10. The second-order valence-electron chi connectivity index (χ2n) is 10.8. The lowest BCUT2D eigenvalue weighted by molar-refractivity contribution is -0.141. The second kappa shape index (κ2) is 10.3. The van der Waals surface area contributed by atoms with E-state index in [4.69, 9.17) is 4.98 Å². The number of aromatic nitrogens is 2. The van der Waals surface area contributed by atoms with Gasteiger partial charge in [-0.05, 0) is 66.1 Å². The van der Waals surface area contributed by atoms with Crippen LogP contribution in [0.5, 0.6) is 0 Å². The Labute approximate surface area is 234 Å². The van der Waals surface area contributed by atoms with Crippen molar-refractivity contribution in [1.82, 2.24) is 14.9 Å². The van der Waals surface area contributed by atoms with Gasteiger partial charge in [0.2, 0.25) is 0 Å². The number of aromatic amines is 1. The third kappa shape index (κ3) is 5.17. The lowest BCUT2D eigenvalue weighted by Crippen LogP contribution is -2.35. The maximum absolute atomic E-state index is 13.5. The van der Waals surface area contributed by atoms with Crippen LogP contribution in [0.15, 0.2) is 83.7 Å². The van der Waals surface area contributed by atoms with E-state index < -0.39 is 23.8 Å². The second-order valence-corrected chi connectivity index (χ2v) is 10.8. The minimum atomic E-state index is -4.48. The highest BCUT2D eigenvalue weighted by molar-refractivity contribution is 5.83. The molecule has 2 N–H and O–H groups in total. The lowest BCUT2D eigenvalue weighted by atomic mass is 9.94. The van der Waals surface area contributed by atoms with Gasteiger partial charge in [-0.2, -0.15) is 13.2 Å². The Morgan fingerprint density at radius 2 is 1.68 bits per heavy atom. The van der Waals surface area contributed by atoms with E-state index in [-0.39, 0.29) is 23.1 Å². The molecule has 1 saturated carbocycles. The van der Waals surface area contributed by atoms with Crippen LogP contribution in [0.3, 0.4) is 0 Å². The van der Waals surface area contributed by atoms with Gasteiger partial charge < -0.3 is 15.0 Å². The molecule has 0 saturated heterocycles. The highest BCUT2D eigenvalue weighted by atomic mass is 19.4. The average Bonchev–Trinajstić information content (AvgIpc) is 3.81. The van der Waals surface area contributed by atoms with Crippen LogP contribution in [0, 0.1) is 0 Å². The van der Waals surface area contributed by atoms with E-state index in [9.17, 15) is 27.9 Å². The highest BCUT2D eigenvalue weighted by Crippen LogP contribution is 2.52. The average molecular weight is 560 g/mol. The number of amides is 1. The summed E-state index contributed by atoms with van der Waals surface area (Å²) in [4.78, 5) is 36.0. The molecule has 1 aliphatic carbocycles. The molecule has 2 heterocycles. The number of nitrogens with zero attached hydrogens (tertiary/aromatic N) is 2. The molecule has 6 nitrogen and oxygen atoms in total. The summed E-state index contributed by atoms with van der Waals surface area (Å²) in [6, 6.07) is 21.2. The Balaban J connectivity index is 1.26. The summed E-state index contributed by atoms with van der Waals surface area (Å²) < 4.78 is 39.7. The van der Waals surface area contributed by atoms with Crippen molar-refractivity contribution in [2.24, 2.45) is 0 Å². The Morgan fingerprint density at radius 3 is 2.39 bits per heavy atom. The van der Waals surface area contributed by atoms with Crippen molar-refractivity contribution in [3.05, 3.63) is 123 Å². The van der Waals surface area contributed by atoms with Gasteiger partial charge in [-0.3, -0.25) is 9.59 Å². The van der Waals surface area contributed by atoms with Crippen molar-refractivity contribution in [2.75, 3.05) is 6.54 Å². The van der Waals surface area contributed by atoms with Crippen LogP contribution in [0.25, 0.3) is 11.1 Å². The van der Waals surface area contributed by atoms with Gasteiger partial charge in [0.05, 0.1) is 23.2 Å². The third-order valence-corrected chi connectivity index (χ3v) is 8.10. The first-order valence-corrected chi connectivity index (χ1v) is 13.6. The molecule has 2 aliphatic rings. The maximum atomic E-state index is 13.5. The maximum Gasteiger partial charge on any atom is 0.416 e. The zero-order chi connectivity index (χ0) is 28.8. The van der Waals surface area contributed by atoms with Crippen LogP contribution in [0.1, 0.15) is 59.1 Å². The molecule has 3 aromatic carbocycles. The number of alkyl halides is 3. The summed E-state index contributed by atoms with van der Waals surface area (Å²) in [5.41, 5.74) is 1.90. The van der Waals surface area contributed by atoms with Crippen molar-refractivity contribution in [2.45, 2.75) is 49.9 Å². The van der Waals surface area contributed by atoms with Crippen LogP contribution in [0.4, 0.5) is 13.2 Å². The quantitative estimate of drug-likeness (QED) is 0.336. The van der Waals surface area contributed by atoms with Gasteiger partial charge in [0.15, 0.2) is 6.10 Å². The van der Waals surface area contributed by atoms with Crippen molar-refractivity contribution in [3.63, 3.8) is 0 Å². The van der Waals surface area contributed by atoms with Crippen LogP contribution in [0.2, 0.25) is 0 Å². The van der Waals surface area contributed by atoms with Gasteiger partial charge in [0.25, 0.3) is 11.5 Å². The summed E-state index contributed by atoms with van der Waals surface area (Å²) in [6.45, 7) is 0.415. The molecule has 0 spiro atoms. The molecule has 1 fully saturated rings. The Hall–Kier alpha value is -4.24. The summed E-state index contributed by atoms with van der Waals surface area (Å²) in [5, 5.41) is 11.1. The molecule has 0 unspecified atom stereocenters. The SMILES string of the molecule is O=C([C@H](O)c1cccc(-c2cccc(C(F)(F)F)c2)c1)N1CCCc2c(nc(C3(c4ccccc4)CC3)[nH]c2=O)C1. The first kappa shape index (κ1) is 27.0. The Kier molecular flexibility index (Phi) is 6.77. The van der Waals surface area contributed by atoms with E-state index in [0.29, 0.717) is 47.6 Å². The highest BCUT2D eigenvalue weighted by Gasteiger charge is 2.48. The fourth-order valence-electron chi connectivity index (χ4n) is 5.68. The Bertz CT molecular complexity index is 1660. The van der Waals surface area contributed by atoms with E-state index in [1.165, 1.54) is 17.0 Å². The zero-order valence-corrected chi connectivity index (χ0v) is 22.1. The summed E-state index contributed by atoms with van der Waals surface area (Å²) >= 11 is 0. The molecule has 1 atom stereocenters. The largest absolute Gasteiger partial charge is 0.416 e. The van der Waals surface area contributed by atoms with Gasteiger partial charge in [0, 0.05) is 12.1 Å². The minimum absolute atomic E-state index is 0.0837. The van der Waals surface area contributed by atoms with Crippen molar-refractivity contribution in [3.8, 4) is 11.1 Å². The number of carbonyl (C=O) groups is 1. The van der Waals surface area contributed by atoms with E-state index in [2.05, 4.69) is 4.98 Å². The zero-order valence-electron chi connectivity index (χ0n) is 22.1. The predicted molar refractivity (Wildman–Crippen MR) is 147 cm³/mol. The van der Waals surface area contributed by atoms with Crippen molar-refractivity contribution in [1.29, 1.82) is 0 Å². The number of benzene rings is 3. The molecule has 210 valence electrons. The fraction of sp³-hybridized carbons (Fsp3) is 0.281. The molecule has 6 rings (SSSR count). The number of aliphatic hydroxyl groups excluding tert-OH is 1. The number of aliphatic hydroxyl groups is 1. The van der Waals surface area contributed by atoms with Gasteiger partial charge in [0.1, 0.15) is 5.82 Å². The topological polar surface area (TPSA) is 86.3 Å². The molecule has 1 aromatic heterocycles. The number of fused-ring (bicyclic) bond motifs is 1. The molecule has 1 aliphatic heterocycles. The molecule has 4 aromatic rings. The van der Waals surface area contributed by atoms with Crippen LogP contribution >= 0.6 is 0 Å². The molecule has 1 amide bonds. The van der Waals surface area contributed by atoms with Crippen LogP contribution in [-0.2, 0) is 29.4 Å². The van der Waals surface area contributed by atoms with Crippen LogP contribution < -0.4 is 5.56 Å². The summed E-state index contributed by atoms with van der Waals surface area (Å²) in [6.07, 6.45) is -3.29. The van der Waals surface area contributed by atoms with Gasteiger partial charge in [-0.1, -0.05) is 60.7 Å². The summed E-state index contributed by atoms with van der Waals surface area (Å²) in [7, 11) is 0.